The third-order valence-electron chi connectivity index (χ3n) is 6.81. The first-order chi connectivity index (χ1) is 17.7. The standard InChI is InChI=1S/C28H32N2O6S/c1-18-14-16-21(17-15-18)37(33,34)30-25(22-13-9-8-10-19(22)2)23(27(31)35-3)24(28(32)36-4)26(30)29-20-11-6-5-7-12-20/h8-10,13-17,20,29H,5-7,11-12H2,1-4H3. The van der Waals surface area contributed by atoms with Crippen molar-refractivity contribution in [2.75, 3.05) is 19.5 Å². The summed E-state index contributed by atoms with van der Waals surface area (Å²) in [5.74, 6) is -1.65. The van der Waals surface area contributed by atoms with Crippen LogP contribution in [0, 0.1) is 13.8 Å². The van der Waals surface area contributed by atoms with Crippen LogP contribution in [0.15, 0.2) is 53.4 Å². The number of anilines is 1. The average Bonchev–Trinajstić information content (AvgIpc) is 3.24. The molecular formula is C28H32N2O6S. The molecule has 0 bridgehead atoms. The molecular weight excluding hydrogens is 492 g/mol. The van der Waals surface area contributed by atoms with Gasteiger partial charge in [-0.3, -0.25) is 0 Å². The summed E-state index contributed by atoms with van der Waals surface area (Å²) in [6.45, 7) is 3.68. The van der Waals surface area contributed by atoms with Crippen LogP contribution < -0.4 is 5.32 Å². The smallest absolute Gasteiger partial charge is 0.342 e. The van der Waals surface area contributed by atoms with Crippen LogP contribution in [0.4, 0.5) is 5.82 Å². The van der Waals surface area contributed by atoms with Crippen molar-refractivity contribution in [2.24, 2.45) is 0 Å². The number of rotatable bonds is 7. The van der Waals surface area contributed by atoms with E-state index in [-0.39, 0.29) is 33.6 Å². The highest BCUT2D eigenvalue weighted by atomic mass is 32.2. The maximum Gasteiger partial charge on any atom is 0.342 e. The van der Waals surface area contributed by atoms with Gasteiger partial charge in [0.2, 0.25) is 0 Å². The van der Waals surface area contributed by atoms with E-state index < -0.39 is 22.0 Å². The highest BCUT2D eigenvalue weighted by molar-refractivity contribution is 7.90. The molecule has 196 valence electrons. The minimum Gasteiger partial charge on any atom is -0.465 e. The van der Waals surface area contributed by atoms with Crippen LogP contribution in [0.3, 0.4) is 0 Å². The number of carbonyl (C=O) groups excluding carboxylic acids is 2. The molecule has 0 radical (unpaired) electrons. The summed E-state index contributed by atoms with van der Waals surface area (Å²) >= 11 is 0. The Labute approximate surface area is 217 Å². The lowest BCUT2D eigenvalue weighted by atomic mass is 9.95. The highest BCUT2D eigenvalue weighted by Gasteiger charge is 2.39. The lowest BCUT2D eigenvalue weighted by molar-refractivity contribution is 0.0558. The van der Waals surface area contributed by atoms with E-state index in [2.05, 4.69) is 5.32 Å². The van der Waals surface area contributed by atoms with Crippen molar-refractivity contribution in [3.8, 4) is 11.3 Å². The average molecular weight is 525 g/mol. The molecule has 1 aliphatic carbocycles. The van der Waals surface area contributed by atoms with Crippen LogP contribution in [-0.2, 0) is 19.5 Å². The fourth-order valence-corrected chi connectivity index (χ4v) is 6.37. The lowest BCUT2D eigenvalue weighted by Crippen LogP contribution is -2.27. The number of esters is 2. The van der Waals surface area contributed by atoms with Gasteiger partial charge in [-0.05, 0) is 44.4 Å². The van der Waals surface area contributed by atoms with Gasteiger partial charge >= 0.3 is 11.9 Å². The van der Waals surface area contributed by atoms with Crippen LogP contribution in [0.25, 0.3) is 11.3 Å². The monoisotopic (exact) mass is 524 g/mol. The van der Waals surface area contributed by atoms with Gasteiger partial charge in [-0.1, -0.05) is 61.2 Å². The van der Waals surface area contributed by atoms with E-state index in [9.17, 15) is 18.0 Å². The van der Waals surface area contributed by atoms with E-state index in [0.717, 1.165) is 47.2 Å². The Morgan fingerprint density at radius 2 is 1.46 bits per heavy atom. The number of hydrogen-bond acceptors (Lipinski definition) is 7. The molecule has 37 heavy (non-hydrogen) atoms. The Morgan fingerprint density at radius 1 is 0.865 bits per heavy atom. The minimum absolute atomic E-state index is 0.0120. The first-order valence-electron chi connectivity index (χ1n) is 12.3. The quantitative estimate of drug-likeness (QED) is 0.417. The van der Waals surface area contributed by atoms with Crippen molar-refractivity contribution < 1.29 is 27.5 Å². The van der Waals surface area contributed by atoms with E-state index >= 15 is 0 Å². The number of benzene rings is 2. The molecule has 1 N–H and O–H groups in total. The zero-order valence-electron chi connectivity index (χ0n) is 21.5. The van der Waals surface area contributed by atoms with Crippen LogP contribution in [-0.4, -0.2) is 44.6 Å². The van der Waals surface area contributed by atoms with Gasteiger partial charge in [0.1, 0.15) is 16.9 Å². The summed E-state index contributed by atoms with van der Waals surface area (Å²) in [4.78, 5) is 26.5. The maximum atomic E-state index is 14.3. The Bertz CT molecular complexity index is 1420. The number of nitrogens with one attached hydrogen (secondary N) is 1. The van der Waals surface area contributed by atoms with Crippen molar-refractivity contribution >= 4 is 27.8 Å². The van der Waals surface area contributed by atoms with E-state index in [0.29, 0.717) is 5.56 Å². The van der Waals surface area contributed by atoms with Crippen molar-refractivity contribution in [2.45, 2.75) is 56.9 Å². The first-order valence-corrected chi connectivity index (χ1v) is 13.7. The first kappa shape index (κ1) is 26.5. The van der Waals surface area contributed by atoms with Crippen LogP contribution in [0.5, 0.6) is 0 Å². The molecule has 2 aromatic carbocycles. The van der Waals surface area contributed by atoms with Crippen molar-refractivity contribution in [1.29, 1.82) is 0 Å². The molecule has 0 saturated heterocycles. The van der Waals surface area contributed by atoms with Crippen molar-refractivity contribution in [1.82, 2.24) is 3.97 Å². The summed E-state index contributed by atoms with van der Waals surface area (Å²) < 4.78 is 39.9. The molecule has 0 spiro atoms. The number of ether oxygens (including phenoxy) is 2. The number of aryl methyl sites for hydroxylation is 2. The summed E-state index contributed by atoms with van der Waals surface area (Å²) in [6, 6.07) is 13.5. The normalized spacial score (nSPS) is 14.3. The fourth-order valence-electron chi connectivity index (χ4n) is 4.86. The van der Waals surface area contributed by atoms with Crippen LogP contribution >= 0.6 is 0 Å². The summed E-state index contributed by atoms with van der Waals surface area (Å²) in [5, 5.41) is 3.32. The lowest BCUT2D eigenvalue weighted by Gasteiger charge is -2.25. The Hall–Kier alpha value is -3.59. The Kier molecular flexibility index (Phi) is 7.73. The second-order valence-corrected chi connectivity index (χ2v) is 11.1. The highest BCUT2D eigenvalue weighted by Crippen LogP contribution is 2.41. The molecule has 1 aliphatic rings. The SMILES string of the molecule is COC(=O)c1c(C(=O)OC)c(-c2ccccc2C)n(S(=O)(=O)c2ccc(C)cc2)c1NC1CCCCC1. The van der Waals surface area contributed by atoms with Gasteiger partial charge in [-0.25, -0.2) is 22.0 Å². The molecule has 0 unspecified atom stereocenters. The minimum atomic E-state index is -4.28. The maximum absolute atomic E-state index is 14.3. The molecule has 1 saturated carbocycles. The van der Waals surface area contributed by atoms with Gasteiger partial charge in [-0.15, -0.1) is 0 Å². The molecule has 4 rings (SSSR count). The van der Waals surface area contributed by atoms with E-state index in [1.807, 2.05) is 26.0 Å². The van der Waals surface area contributed by atoms with Gasteiger partial charge in [0.25, 0.3) is 10.0 Å². The molecule has 3 aromatic rings. The number of aromatic nitrogens is 1. The van der Waals surface area contributed by atoms with E-state index in [4.69, 9.17) is 9.47 Å². The van der Waals surface area contributed by atoms with E-state index in [1.54, 1.807) is 24.3 Å². The molecule has 8 nitrogen and oxygen atoms in total. The summed E-state index contributed by atoms with van der Waals surface area (Å²) in [5.41, 5.74) is 1.86. The number of hydrogen-bond donors (Lipinski definition) is 1. The Morgan fingerprint density at radius 3 is 2.05 bits per heavy atom. The van der Waals surface area contributed by atoms with Gasteiger partial charge < -0.3 is 14.8 Å². The number of carbonyl (C=O) groups is 2. The van der Waals surface area contributed by atoms with Crippen molar-refractivity contribution in [3.05, 3.63) is 70.8 Å². The zero-order chi connectivity index (χ0) is 26.7. The molecule has 1 heterocycles. The molecule has 9 heteroatoms. The topological polar surface area (TPSA) is 104 Å². The number of nitrogens with zero attached hydrogens (tertiary/aromatic N) is 1. The summed E-state index contributed by atoms with van der Waals surface area (Å²) in [7, 11) is -1.88. The second kappa shape index (κ2) is 10.8. The predicted molar refractivity (Wildman–Crippen MR) is 142 cm³/mol. The third kappa shape index (κ3) is 5.00. The summed E-state index contributed by atoms with van der Waals surface area (Å²) in [6.07, 6.45) is 4.66. The molecule has 0 atom stereocenters. The van der Waals surface area contributed by atoms with Crippen molar-refractivity contribution in [3.63, 3.8) is 0 Å². The molecule has 0 aliphatic heterocycles. The van der Waals surface area contributed by atoms with Crippen LogP contribution in [0.1, 0.15) is 63.9 Å². The van der Waals surface area contributed by atoms with Gasteiger partial charge in [0.05, 0.1) is 24.8 Å². The number of methoxy groups -OCH3 is 2. The zero-order valence-corrected chi connectivity index (χ0v) is 22.4. The molecule has 1 aromatic heterocycles. The van der Waals surface area contributed by atoms with E-state index in [1.165, 1.54) is 26.4 Å². The fraction of sp³-hybridized carbons (Fsp3) is 0.357. The van der Waals surface area contributed by atoms with Gasteiger partial charge in [0, 0.05) is 11.6 Å². The third-order valence-corrected chi connectivity index (χ3v) is 8.53. The molecule has 0 amide bonds. The van der Waals surface area contributed by atoms with Gasteiger partial charge in [0.15, 0.2) is 0 Å². The largest absolute Gasteiger partial charge is 0.465 e. The van der Waals surface area contributed by atoms with Crippen LogP contribution in [0.2, 0.25) is 0 Å². The molecule has 1 fully saturated rings. The second-order valence-electron chi connectivity index (χ2n) is 9.31. The predicted octanol–water partition coefficient (Wildman–Crippen LogP) is 5.33. The Balaban J connectivity index is 2.15. The van der Waals surface area contributed by atoms with Gasteiger partial charge in [-0.2, -0.15) is 0 Å².